The summed E-state index contributed by atoms with van der Waals surface area (Å²) in [7, 11) is 3.11. The van der Waals surface area contributed by atoms with Crippen molar-refractivity contribution in [1.29, 1.82) is 0 Å². The van der Waals surface area contributed by atoms with Gasteiger partial charge in [-0.2, -0.15) is 0 Å². The van der Waals surface area contributed by atoms with Crippen LogP contribution in [0.4, 0.5) is 0 Å². The van der Waals surface area contributed by atoms with Gasteiger partial charge in [0.25, 0.3) is 5.91 Å². The molecule has 0 aromatic heterocycles. The molecule has 0 N–H and O–H groups in total. The first-order chi connectivity index (χ1) is 12.9. The van der Waals surface area contributed by atoms with Crippen LogP contribution in [-0.2, 0) is 14.3 Å². The highest BCUT2D eigenvalue weighted by atomic mass is 79.9. The number of esters is 1. The standard InChI is InChI=1S/C19H25BrN2O5/c1-4-27-19(25)13-6-5-9-22(11-13)17(23)12-21(2)18(24)15-10-14(26-3)7-8-16(15)20/h7-8,10,13H,4-6,9,11-12H2,1-3H3. The second kappa shape index (κ2) is 9.73. The summed E-state index contributed by atoms with van der Waals surface area (Å²) < 4.78 is 10.9. The Balaban J connectivity index is 2.00. The van der Waals surface area contributed by atoms with Crippen LogP contribution in [0.5, 0.6) is 5.75 Å². The van der Waals surface area contributed by atoms with Gasteiger partial charge in [-0.15, -0.1) is 0 Å². The van der Waals surface area contributed by atoms with E-state index in [1.807, 2.05) is 0 Å². The maximum atomic E-state index is 12.7. The zero-order valence-electron chi connectivity index (χ0n) is 15.9. The van der Waals surface area contributed by atoms with Gasteiger partial charge in [0, 0.05) is 24.6 Å². The van der Waals surface area contributed by atoms with E-state index in [4.69, 9.17) is 9.47 Å². The first-order valence-electron chi connectivity index (χ1n) is 8.90. The predicted molar refractivity (Wildman–Crippen MR) is 104 cm³/mol. The highest BCUT2D eigenvalue weighted by molar-refractivity contribution is 9.10. The van der Waals surface area contributed by atoms with E-state index < -0.39 is 0 Å². The van der Waals surface area contributed by atoms with Crippen molar-refractivity contribution >= 4 is 33.7 Å². The average molecular weight is 441 g/mol. The summed E-state index contributed by atoms with van der Waals surface area (Å²) in [4.78, 5) is 40.3. The summed E-state index contributed by atoms with van der Waals surface area (Å²) in [5, 5.41) is 0. The van der Waals surface area contributed by atoms with Crippen LogP contribution in [0.25, 0.3) is 0 Å². The van der Waals surface area contributed by atoms with E-state index in [0.29, 0.717) is 41.9 Å². The summed E-state index contributed by atoms with van der Waals surface area (Å²) in [5.41, 5.74) is 0.424. The normalized spacial score (nSPS) is 16.6. The van der Waals surface area contributed by atoms with Gasteiger partial charge in [-0.3, -0.25) is 14.4 Å². The van der Waals surface area contributed by atoms with Gasteiger partial charge in [-0.1, -0.05) is 0 Å². The summed E-state index contributed by atoms with van der Waals surface area (Å²) in [5.74, 6) is -0.461. The zero-order chi connectivity index (χ0) is 20.0. The van der Waals surface area contributed by atoms with E-state index in [1.54, 1.807) is 37.1 Å². The molecule has 0 saturated carbocycles. The Kier molecular flexibility index (Phi) is 7.65. The Hall–Kier alpha value is -2.09. The van der Waals surface area contributed by atoms with Gasteiger partial charge >= 0.3 is 5.97 Å². The predicted octanol–water partition coefficient (Wildman–Crippen LogP) is 2.33. The van der Waals surface area contributed by atoms with E-state index in [-0.39, 0.29) is 30.2 Å². The Morgan fingerprint density at radius 2 is 2.07 bits per heavy atom. The number of methoxy groups -OCH3 is 1. The summed E-state index contributed by atoms with van der Waals surface area (Å²) >= 11 is 3.36. The van der Waals surface area contributed by atoms with Crippen molar-refractivity contribution in [1.82, 2.24) is 9.80 Å². The third kappa shape index (κ3) is 5.45. The van der Waals surface area contributed by atoms with Gasteiger partial charge in [0.15, 0.2) is 0 Å². The molecule has 27 heavy (non-hydrogen) atoms. The molecular formula is C19H25BrN2O5. The molecule has 1 aliphatic rings. The number of piperidine rings is 1. The molecule has 1 heterocycles. The van der Waals surface area contributed by atoms with Crippen molar-refractivity contribution in [2.24, 2.45) is 5.92 Å². The molecule has 1 saturated heterocycles. The van der Waals surface area contributed by atoms with E-state index in [0.717, 1.165) is 6.42 Å². The smallest absolute Gasteiger partial charge is 0.310 e. The summed E-state index contributed by atoms with van der Waals surface area (Å²) in [6.07, 6.45) is 1.46. The van der Waals surface area contributed by atoms with Gasteiger partial charge < -0.3 is 19.3 Å². The largest absolute Gasteiger partial charge is 0.497 e. The van der Waals surface area contributed by atoms with Crippen LogP contribution in [0, 0.1) is 5.92 Å². The molecule has 0 spiro atoms. The molecule has 2 rings (SSSR count). The number of ether oxygens (including phenoxy) is 2. The van der Waals surface area contributed by atoms with Gasteiger partial charge in [-0.05, 0) is 53.9 Å². The Labute approximate surface area is 167 Å². The number of benzene rings is 1. The number of amides is 2. The number of carbonyl (C=O) groups is 3. The first-order valence-corrected chi connectivity index (χ1v) is 9.70. The number of nitrogens with zero attached hydrogens (tertiary/aromatic N) is 2. The lowest BCUT2D eigenvalue weighted by Gasteiger charge is -2.32. The van der Waals surface area contributed by atoms with Crippen LogP contribution in [0.1, 0.15) is 30.1 Å². The molecule has 1 aromatic rings. The maximum absolute atomic E-state index is 12.7. The van der Waals surface area contributed by atoms with Crippen molar-refractivity contribution in [2.75, 3.05) is 40.4 Å². The number of rotatable bonds is 6. The topological polar surface area (TPSA) is 76.2 Å². The molecule has 148 valence electrons. The highest BCUT2D eigenvalue weighted by Crippen LogP contribution is 2.24. The van der Waals surface area contributed by atoms with Gasteiger partial charge in [-0.25, -0.2) is 0 Å². The molecule has 0 bridgehead atoms. The fourth-order valence-corrected chi connectivity index (χ4v) is 3.45. The highest BCUT2D eigenvalue weighted by Gasteiger charge is 2.30. The second-order valence-electron chi connectivity index (χ2n) is 6.44. The van der Waals surface area contributed by atoms with Crippen LogP contribution in [0.2, 0.25) is 0 Å². The van der Waals surface area contributed by atoms with Crippen molar-refractivity contribution in [3.8, 4) is 5.75 Å². The number of halogens is 1. The van der Waals surface area contributed by atoms with Crippen LogP contribution in [-0.4, -0.2) is 68.0 Å². The van der Waals surface area contributed by atoms with Crippen LogP contribution in [0.3, 0.4) is 0 Å². The molecule has 0 radical (unpaired) electrons. The average Bonchev–Trinajstić information content (AvgIpc) is 2.68. The second-order valence-corrected chi connectivity index (χ2v) is 7.29. The number of hydrogen-bond acceptors (Lipinski definition) is 5. The molecule has 7 nitrogen and oxygen atoms in total. The number of hydrogen-bond donors (Lipinski definition) is 0. The molecule has 1 aromatic carbocycles. The van der Waals surface area contributed by atoms with E-state index in [9.17, 15) is 14.4 Å². The quantitative estimate of drug-likeness (QED) is 0.634. The van der Waals surface area contributed by atoms with E-state index in [1.165, 1.54) is 12.0 Å². The van der Waals surface area contributed by atoms with E-state index in [2.05, 4.69) is 15.9 Å². The summed E-state index contributed by atoms with van der Waals surface area (Å²) in [6.45, 7) is 2.96. The molecule has 8 heteroatoms. The fraction of sp³-hybridized carbons (Fsp3) is 0.526. The molecule has 1 fully saturated rings. The minimum absolute atomic E-state index is 0.0575. The number of likely N-dealkylation sites (tertiary alicyclic amines) is 1. The first kappa shape index (κ1) is 21.2. The van der Waals surface area contributed by atoms with Crippen LogP contribution in [0.15, 0.2) is 22.7 Å². The van der Waals surface area contributed by atoms with Crippen LogP contribution < -0.4 is 4.74 Å². The van der Waals surface area contributed by atoms with Crippen molar-refractivity contribution in [3.63, 3.8) is 0 Å². The molecule has 0 aliphatic carbocycles. The Morgan fingerprint density at radius 1 is 1.33 bits per heavy atom. The number of carbonyl (C=O) groups excluding carboxylic acids is 3. The molecule has 1 atom stereocenters. The lowest BCUT2D eigenvalue weighted by Crippen LogP contribution is -2.47. The minimum Gasteiger partial charge on any atom is -0.497 e. The zero-order valence-corrected chi connectivity index (χ0v) is 17.5. The maximum Gasteiger partial charge on any atom is 0.310 e. The van der Waals surface area contributed by atoms with Gasteiger partial charge in [0.1, 0.15) is 5.75 Å². The monoisotopic (exact) mass is 440 g/mol. The lowest BCUT2D eigenvalue weighted by atomic mass is 9.98. The SMILES string of the molecule is CCOC(=O)C1CCCN(C(=O)CN(C)C(=O)c2cc(OC)ccc2Br)C1. The molecule has 2 amide bonds. The summed E-state index contributed by atoms with van der Waals surface area (Å²) in [6, 6.07) is 5.11. The van der Waals surface area contributed by atoms with Crippen molar-refractivity contribution in [2.45, 2.75) is 19.8 Å². The minimum atomic E-state index is -0.295. The van der Waals surface area contributed by atoms with Crippen LogP contribution >= 0.6 is 15.9 Å². The number of likely N-dealkylation sites (N-methyl/N-ethyl adjacent to an activating group) is 1. The Bertz CT molecular complexity index is 709. The lowest BCUT2D eigenvalue weighted by molar-refractivity contribution is -0.151. The fourth-order valence-electron chi connectivity index (χ4n) is 3.03. The van der Waals surface area contributed by atoms with E-state index >= 15 is 0 Å². The van der Waals surface area contributed by atoms with Crippen molar-refractivity contribution in [3.05, 3.63) is 28.2 Å². The van der Waals surface area contributed by atoms with Gasteiger partial charge in [0.2, 0.25) is 5.91 Å². The van der Waals surface area contributed by atoms with Crippen molar-refractivity contribution < 1.29 is 23.9 Å². The molecule has 1 aliphatic heterocycles. The van der Waals surface area contributed by atoms with Gasteiger partial charge in [0.05, 0.1) is 31.7 Å². The third-order valence-corrected chi connectivity index (χ3v) is 5.21. The molecule has 1 unspecified atom stereocenters. The molecular weight excluding hydrogens is 416 g/mol. The Morgan fingerprint density at radius 3 is 2.74 bits per heavy atom. The third-order valence-electron chi connectivity index (χ3n) is 4.52.